The van der Waals surface area contributed by atoms with Gasteiger partial charge in [0.2, 0.25) is 0 Å². The van der Waals surface area contributed by atoms with Gasteiger partial charge in [0, 0.05) is 60.3 Å². The lowest BCUT2D eigenvalue weighted by Gasteiger charge is -2.37. The van der Waals surface area contributed by atoms with Crippen LogP contribution in [0, 0.1) is 6.92 Å². The number of piperazine rings is 1. The quantitative estimate of drug-likeness (QED) is 0.535. The van der Waals surface area contributed by atoms with Crippen molar-refractivity contribution in [1.29, 1.82) is 0 Å². The first-order valence-corrected chi connectivity index (χ1v) is 10.3. The first kappa shape index (κ1) is 18.8. The number of hydrogen-bond donors (Lipinski definition) is 2. The summed E-state index contributed by atoms with van der Waals surface area (Å²) in [5, 5.41) is 20.7. The number of nitrogens with one attached hydrogen (secondary N) is 1. The van der Waals surface area contributed by atoms with Crippen LogP contribution in [0.4, 0.5) is 5.69 Å². The van der Waals surface area contributed by atoms with Gasteiger partial charge in [-0.1, -0.05) is 0 Å². The number of rotatable bonds is 2. The van der Waals surface area contributed by atoms with E-state index in [-0.39, 0.29) is 5.75 Å². The number of aromatic nitrogens is 4. The van der Waals surface area contributed by atoms with Crippen LogP contribution < -0.4 is 10.2 Å². The maximum atomic E-state index is 10.8. The number of hydrogen-bond acceptors (Lipinski definition) is 6. The van der Waals surface area contributed by atoms with E-state index in [0.717, 1.165) is 40.6 Å². The first-order chi connectivity index (χ1) is 14.4. The summed E-state index contributed by atoms with van der Waals surface area (Å²) in [6.07, 6.45) is 3.85. The highest BCUT2D eigenvalue weighted by Gasteiger charge is 2.22. The predicted octanol–water partition coefficient (Wildman–Crippen LogP) is 3.38. The van der Waals surface area contributed by atoms with Crippen molar-refractivity contribution in [2.45, 2.75) is 32.9 Å². The van der Waals surface area contributed by atoms with Gasteiger partial charge in [0.05, 0.1) is 23.1 Å². The number of nitrogens with zero attached hydrogens (tertiary/aromatic N) is 5. The summed E-state index contributed by atoms with van der Waals surface area (Å²) in [5.74, 6) is 0.216. The normalized spacial score (nSPS) is 19.7. The van der Waals surface area contributed by atoms with E-state index in [2.05, 4.69) is 40.2 Å². The standard InChI is InChI=1S/C23H26N6O/c1-13-10-29(11-14(2)25-13)18-7-16-5-6-20(26-23(16)24-9-18)19-8-17-12-28(4)27-21(17)15(3)22(19)30/h5-9,12-14,25,30H,10-11H2,1-4H3/t13-,14-/m1/s1. The van der Waals surface area contributed by atoms with Gasteiger partial charge in [0.15, 0.2) is 5.65 Å². The van der Waals surface area contributed by atoms with Gasteiger partial charge >= 0.3 is 0 Å². The molecule has 1 aromatic carbocycles. The fourth-order valence-electron chi connectivity index (χ4n) is 4.50. The summed E-state index contributed by atoms with van der Waals surface area (Å²) >= 11 is 0. The Morgan fingerprint density at radius 2 is 1.87 bits per heavy atom. The molecule has 0 saturated carbocycles. The van der Waals surface area contributed by atoms with Crippen LogP contribution in [-0.4, -0.2) is 50.0 Å². The number of phenolic OH excluding ortho intramolecular Hbond substituents is 1. The van der Waals surface area contributed by atoms with Crippen LogP contribution in [0.25, 0.3) is 33.2 Å². The van der Waals surface area contributed by atoms with E-state index in [9.17, 15) is 5.11 Å². The highest BCUT2D eigenvalue weighted by molar-refractivity contribution is 5.91. The molecule has 0 bridgehead atoms. The van der Waals surface area contributed by atoms with Gasteiger partial charge in [-0.25, -0.2) is 9.97 Å². The second-order valence-electron chi connectivity index (χ2n) is 8.45. The molecule has 2 atom stereocenters. The van der Waals surface area contributed by atoms with Gasteiger partial charge in [-0.15, -0.1) is 0 Å². The average molecular weight is 403 g/mol. The molecule has 4 heterocycles. The van der Waals surface area contributed by atoms with Crippen molar-refractivity contribution in [1.82, 2.24) is 25.1 Å². The van der Waals surface area contributed by atoms with Crippen molar-refractivity contribution >= 4 is 27.6 Å². The van der Waals surface area contributed by atoms with Crippen LogP contribution in [0.15, 0.2) is 36.7 Å². The summed E-state index contributed by atoms with van der Waals surface area (Å²) in [6, 6.07) is 8.96. The molecule has 1 saturated heterocycles. The smallest absolute Gasteiger partial charge is 0.159 e. The minimum absolute atomic E-state index is 0.216. The minimum atomic E-state index is 0.216. The third-order valence-corrected chi connectivity index (χ3v) is 5.85. The molecule has 30 heavy (non-hydrogen) atoms. The number of benzene rings is 1. The summed E-state index contributed by atoms with van der Waals surface area (Å²) in [4.78, 5) is 11.8. The zero-order valence-electron chi connectivity index (χ0n) is 17.7. The number of anilines is 1. The molecule has 7 nitrogen and oxygen atoms in total. The van der Waals surface area contributed by atoms with Crippen LogP contribution in [0.1, 0.15) is 19.4 Å². The number of phenols is 1. The van der Waals surface area contributed by atoms with E-state index in [1.54, 1.807) is 4.68 Å². The van der Waals surface area contributed by atoms with E-state index in [4.69, 9.17) is 4.98 Å². The Morgan fingerprint density at radius 1 is 1.10 bits per heavy atom. The molecular formula is C23H26N6O. The largest absolute Gasteiger partial charge is 0.507 e. The van der Waals surface area contributed by atoms with Gasteiger partial charge in [-0.05, 0) is 45.0 Å². The van der Waals surface area contributed by atoms with Crippen molar-refractivity contribution in [2.75, 3.05) is 18.0 Å². The molecule has 1 aliphatic rings. The van der Waals surface area contributed by atoms with Crippen LogP contribution in [0.2, 0.25) is 0 Å². The van der Waals surface area contributed by atoms with E-state index in [1.165, 1.54) is 0 Å². The average Bonchev–Trinajstić information content (AvgIpc) is 3.10. The van der Waals surface area contributed by atoms with Crippen LogP contribution in [-0.2, 0) is 7.05 Å². The second kappa shape index (κ2) is 6.95. The maximum Gasteiger partial charge on any atom is 0.159 e. The molecule has 0 spiro atoms. The molecule has 1 aliphatic heterocycles. The van der Waals surface area contributed by atoms with E-state index in [0.29, 0.717) is 29.0 Å². The summed E-state index contributed by atoms with van der Waals surface area (Å²) in [5.41, 5.74) is 4.77. The molecule has 0 unspecified atom stereocenters. The zero-order valence-corrected chi connectivity index (χ0v) is 17.7. The van der Waals surface area contributed by atoms with E-state index >= 15 is 0 Å². The van der Waals surface area contributed by atoms with Crippen molar-refractivity contribution in [2.24, 2.45) is 7.05 Å². The highest BCUT2D eigenvalue weighted by Crippen LogP contribution is 2.36. The highest BCUT2D eigenvalue weighted by atomic mass is 16.3. The molecule has 0 aliphatic carbocycles. The van der Waals surface area contributed by atoms with Gasteiger partial charge in [0.1, 0.15) is 5.75 Å². The predicted molar refractivity (Wildman–Crippen MR) is 120 cm³/mol. The number of fused-ring (bicyclic) bond motifs is 2. The SMILES string of the molecule is Cc1c(O)c(-c2ccc3cc(N4C[C@@H](C)N[C@H](C)C4)cnc3n2)cc2cn(C)nc12. The molecule has 5 rings (SSSR count). The lowest BCUT2D eigenvalue weighted by Crippen LogP contribution is -2.54. The second-order valence-corrected chi connectivity index (χ2v) is 8.45. The summed E-state index contributed by atoms with van der Waals surface area (Å²) in [6.45, 7) is 8.22. The molecular weight excluding hydrogens is 376 g/mol. The maximum absolute atomic E-state index is 10.8. The van der Waals surface area contributed by atoms with Crippen molar-refractivity contribution in [3.8, 4) is 17.0 Å². The van der Waals surface area contributed by atoms with Gasteiger partial charge < -0.3 is 15.3 Å². The molecule has 0 radical (unpaired) electrons. The molecule has 154 valence electrons. The topological polar surface area (TPSA) is 79.1 Å². The monoisotopic (exact) mass is 402 g/mol. The summed E-state index contributed by atoms with van der Waals surface area (Å²) in [7, 11) is 1.88. The van der Waals surface area contributed by atoms with Gasteiger partial charge in [0.25, 0.3) is 0 Å². The van der Waals surface area contributed by atoms with E-state index < -0.39 is 0 Å². The Bertz CT molecular complexity index is 1250. The van der Waals surface area contributed by atoms with Crippen molar-refractivity contribution < 1.29 is 5.11 Å². The van der Waals surface area contributed by atoms with E-state index in [1.807, 2.05) is 44.6 Å². The fraction of sp³-hybridized carbons (Fsp3) is 0.348. The van der Waals surface area contributed by atoms with Crippen molar-refractivity contribution in [3.63, 3.8) is 0 Å². The Morgan fingerprint density at radius 3 is 2.63 bits per heavy atom. The lowest BCUT2D eigenvalue weighted by molar-refractivity contribution is 0.407. The Kier molecular flexibility index (Phi) is 4.36. The Labute approximate surface area is 175 Å². The molecule has 0 amide bonds. The Balaban J connectivity index is 1.55. The Hall–Kier alpha value is -3.19. The number of aromatic hydroxyl groups is 1. The molecule has 1 fully saturated rings. The molecule has 3 aromatic heterocycles. The van der Waals surface area contributed by atoms with Crippen LogP contribution in [0.3, 0.4) is 0 Å². The number of aryl methyl sites for hydroxylation is 2. The molecule has 2 N–H and O–H groups in total. The van der Waals surface area contributed by atoms with Gasteiger partial charge in [-0.2, -0.15) is 5.10 Å². The third-order valence-electron chi connectivity index (χ3n) is 5.85. The van der Waals surface area contributed by atoms with Gasteiger partial charge in [-0.3, -0.25) is 4.68 Å². The molecule has 4 aromatic rings. The number of pyridine rings is 2. The van der Waals surface area contributed by atoms with Crippen LogP contribution in [0.5, 0.6) is 5.75 Å². The zero-order chi connectivity index (χ0) is 21.0. The first-order valence-electron chi connectivity index (χ1n) is 10.3. The summed E-state index contributed by atoms with van der Waals surface area (Å²) < 4.78 is 1.76. The fourth-order valence-corrected chi connectivity index (χ4v) is 4.50. The van der Waals surface area contributed by atoms with Crippen molar-refractivity contribution in [3.05, 3.63) is 42.2 Å². The van der Waals surface area contributed by atoms with Crippen LogP contribution >= 0.6 is 0 Å². The molecule has 7 heteroatoms. The lowest BCUT2D eigenvalue weighted by atomic mass is 10.0. The third kappa shape index (κ3) is 3.15. The minimum Gasteiger partial charge on any atom is -0.507 e.